The van der Waals surface area contributed by atoms with Crippen molar-refractivity contribution in [2.75, 3.05) is 20.6 Å². The summed E-state index contributed by atoms with van der Waals surface area (Å²) >= 11 is 0. The van der Waals surface area contributed by atoms with Crippen LogP contribution in [0, 0.1) is 0 Å². The van der Waals surface area contributed by atoms with Crippen molar-refractivity contribution in [1.29, 1.82) is 0 Å². The number of aryl methyl sites for hydroxylation is 2. The summed E-state index contributed by atoms with van der Waals surface area (Å²) in [7, 11) is 6.01. The molecular weight excluding hydrogens is 340 g/mol. The van der Waals surface area contributed by atoms with E-state index in [-0.39, 0.29) is 17.1 Å². The van der Waals surface area contributed by atoms with Gasteiger partial charge >= 0.3 is 5.69 Å². The van der Waals surface area contributed by atoms with Crippen LogP contribution in [0.4, 0.5) is 0 Å². The number of rotatable bonds is 6. The summed E-state index contributed by atoms with van der Waals surface area (Å²) < 4.78 is 3.34. The number of carbonyl (C=O) groups excluding carboxylic acids is 1. The summed E-state index contributed by atoms with van der Waals surface area (Å²) in [5.74, 6) is 0.0142. The zero-order chi connectivity index (χ0) is 19.4. The highest BCUT2D eigenvalue weighted by atomic mass is 16.2. The van der Waals surface area contributed by atoms with Crippen molar-refractivity contribution in [1.82, 2.24) is 19.4 Å². The van der Waals surface area contributed by atoms with E-state index in [1.54, 1.807) is 16.2 Å². The SMILES string of the molecule is CN(C)C1(CNC(=O)CCn2c(=O)n(C)c3ccccc32)CCCCCC1. The standard InChI is InChI=1S/C21H32N4O2/c1-23(2)21(13-8-4-5-9-14-21)16-22-19(26)12-15-25-18-11-7-6-10-17(18)24(3)20(25)27/h6-7,10-11H,4-5,8-9,12-16H2,1-3H3,(H,22,26). The fraction of sp³-hybridized carbons (Fsp3) is 0.619. The van der Waals surface area contributed by atoms with Crippen molar-refractivity contribution in [2.24, 2.45) is 7.05 Å². The van der Waals surface area contributed by atoms with Gasteiger partial charge in [0.15, 0.2) is 0 Å². The van der Waals surface area contributed by atoms with Crippen molar-refractivity contribution in [3.8, 4) is 0 Å². The van der Waals surface area contributed by atoms with Gasteiger partial charge in [-0.05, 0) is 39.1 Å². The Morgan fingerprint density at radius 2 is 1.74 bits per heavy atom. The van der Waals surface area contributed by atoms with Crippen molar-refractivity contribution in [2.45, 2.75) is 57.0 Å². The molecule has 1 aliphatic rings. The zero-order valence-corrected chi connectivity index (χ0v) is 16.8. The number of amides is 1. The highest BCUT2D eigenvalue weighted by Gasteiger charge is 2.33. The van der Waals surface area contributed by atoms with Gasteiger partial charge in [0, 0.05) is 32.1 Å². The number of hydrogen-bond donors (Lipinski definition) is 1. The Bertz CT molecular complexity index is 841. The third-order valence-corrected chi connectivity index (χ3v) is 6.21. The van der Waals surface area contributed by atoms with Crippen molar-refractivity contribution < 1.29 is 4.79 Å². The maximum absolute atomic E-state index is 12.5. The Kier molecular flexibility index (Phi) is 6.05. The van der Waals surface area contributed by atoms with E-state index >= 15 is 0 Å². The molecule has 1 fully saturated rings. The Morgan fingerprint density at radius 1 is 1.11 bits per heavy atom. The van der Waals surface area contributed by atoms with Crippen LogP contribution < -0.4 is 11.0 Å². The van der Waals surface area contributed by atoms with E-state index in [1.165, 1.54) is 25.7 Å². The fourth-order valence-electron chi connectivity index (χ4n) is 4.31. The van der Waals surface area contributed by atoms with Gasteiger partial charge in [-0.15, -0.1) is 0 Å². The molecule has 2 aromatic rings. The lowest BCUT2D eigenvalue weighted by Crippen LogP contribution is -2.52. The molecule has 1 aromatic carbocycles. The lowest BCUT2D eigenvalue weighted by Gasteiger charge is -2.39. The second kappa shape index (κ2) is 8.30. The van der Waals surface area contributed by atoms with Gasteiger partial charge in [-0.25, -0.2) is 4.79 Å². The number of fused-ring (bicyclic) bond motifs is 1. The summed E-state index contributed by atoms with van der Waals surface area (Å²) in [6.45, 7) is 1.09. The van der Waals surface area contributed by atoms with Gasteiger partial charge in [0.2, 0.25) is 5.91 Å². The summed E-state index contributed by atoms with van der Waals surface area (Å²) in [6, 6.07) is 7.71. The molecule has 0 spiro atoms. The number of likely N-dealkylation sites (N-methyl/N-ethyl adjacent to an activating group) is 1. The minimum Gasteiger partial charge on any atom is -0.354 e. The molecule has 0 radical (unpaired) electrons. The molecule has 0 atom stereocenters. The second-order valence-corrected chi connectivity index (χ2v) is 8.04. The van der Waals surface area contributed by atoms with Crippen molar-refractivity contribution in [3.63, 3.8) is 0 Å². The first-order chi connectivity index (χ1) is 12.9. The first kappa shape index (κ1) is 19.7. The van der Waals surface area contributed by atoms with Crippen LogP contribution >= 0.6 is 0 Å². The Hall–Kier alpha value is -2.08. The van der Waals surface area contributed by atoms with E-state index in [1.807, 2.05) is 24.3 Å². The number of hydrogen-bond acceptors (Lipinski definition) is 3. The zero-order valence-electron chi connectivity index (χ0n) is 16.8. The normalized spacial score (nSPS) is 17.2. The van der Waals surface area contributed by atoms with Crippen LogP contribution in [0.3, 0.4) is 0 Å². The molecule has 6 nitrogen and oxygen atoms in total. The van der Waals surface area contributed by atoms with E-state index in [0.717, 1.165) is 23.9 Å². The van der Waals surface area contributed by atoms with Gasteiger partial charge in [0.25, 0.3) is 0 Å². The molecule has 1 aromatic heterocycles. The predicted octanol–water partition coefficient (Wildman–Crippen LogP) is 2.50. The summed E-state index contributed by atoms with van der Waals surface area (Å²) in [5.41, 5.74) is 1.76. The monoisotopic (exact) mass is 372 g/mol. The summed E-state index contributed by atoms with van der Waals surface area (Å²) in [6.07, 6.45) is 7.59. The molecule has 1 aliphatic carbocycles. The van der Waals surface area contributed by atoms with Gasteiger partial charge in [-0.1, -0.05) is 37.8 Å². The Balaban J connectivity index is 1.63. The molecule has 1 N–H and O–H groups in total. The molecule has 148 valence electrons. The van der Waals surface area contributed by atoms with Crippen LogP contribution in [-0.4, -0.2) is 46.1 Å². The minimum absolute atomic E-state index is 0.0142. The molecule has 0 saturated heterocycles. The lowest BCUT2D eigenvalue weighted by atomic mass is 9.88. The van der Waals surface area contributed by atoms with Crippen LogP contribution in [0.2, 0.25) is 0 Å². The number of aromatic nitrogens is 2. The topological polar surface area (TPSA) is 59.3 Å². The maximum Gasteiger partial charge on any atom is 0.328 e. The lowest BCUT2D eigenvalue weighted by molar-refractivity contribution is -0.122. The van der Waals surface area contributed by atoms with Gasteiger partial charge in [-0.3, -0.25) is 13.9 Å². The van der Waals surface area contributed by atoms with E-state index in [0.29, 0.717) is 19.5 Å². The smallest absolute Gasteiger partial charge is 0.328 e. The molecule has 0 unspecified atom stereocenters. The van der Waals surface area contributed by atoms with Gasteiger partial charge in [0.1, 0.15) is 0 Å². The minimum atomic E-state index is -0.0717. The fourth-order valence-corrected chi connectivity index (χ4v) is 4.31. The quantitative estimate of drug-likeness (QED) is 0.793. The van der Waals surface area contributed by atoms with Gasteiger partial charge in [-0.2, -0.15) is 0 Å². The highest BCUT2D eigenvalue weighted by Crippen LogP contribution is 2.30. The number of imidazole rings is 1. The van der Waals surface area contributed by atoms with Crippen molar-refractivity contribution in [3.05, 3.63) is 34.7 Å². The van der Waals surface area contributed by atoms with Crippen LogP contribution in [0.25, 0.3) is 11.0 Å². The number of nitrogens with zero attached hydrogens (tertiary/aromatic N) is 3. The number of carbonyl (C=O) groups is 1. The third-order valence-electron chi connectivity index (χ3n) is 6.21. The first-order valence-corrected chi connectivity index (χ1v) is 10.0. The molecule has 27 heavy (non-hydrogen) atoms. The molecular formula is C21H32N4O2. The molecule has 1 heterocycles. The van der Waals surface area contributed by atoms with Crippen LogP contribution in [0.15, 0.2) is 29.1 Å². The van der Waals surface area contributed by atoms with Crippen LogP contribution in [-0.2, 0) is 18.4 Å². The Labute approximate surface area is 161 Å². The summed E-state index contributed by atoms with van der Waals surface area (Å²) in [5, 5.41) is 3.14. The Morgan fingerprint density at radius 3 is 2.37 bits per heavy atom. The van der Waals surface area contributed by atoms with E-state index in [9.17, 15) is 9.59 Å². The largest absolute Gasteiger partial charge is 0.354 e. The van der Waals surface area contributed by atoms with E-state index in [4.69, 9.17) is 0 Å². The third kappa shape index (κ3) is 4.10. The average Bonchev–Trinajstić information content (AvgIpc) is 2.84. The van der Waals surface area contributed by atoms with Gasteiger partial charge in [0.05, 0.1) is 11.0 Å². The highest BCUT2D eigenvalue weighted by molar-refractivity contribution is 5.78. The van der Waals surface area contributed by atoms with Crippen LogP contribution in [0.5, 0.6) is 0 Å². The maximum atomic E-state index is 12.5. The predicted molar refractivity (Wildman–Crippen MR) is 109 cm³/mol. The number of para-hydroxylation sites is 2. The van der Waals surface area contributed by atoms with Crippen LogP contribution in [0.1, 0.15) is 44.9 Å². The molecule has 1 saturated carbocycles. The number of benzene rings is 1. The second-order valence-electron chi connectivity index (χ2n) is 8.04. The van der Waals surface area contributed by atoms with E-state index < -0.39 is 0 Å². The van der Waals surface area contributed by atoms with Gasteiger partial charge < -0.3 is 10.2 Å². The first-order valence-electron chi connectivity index (χ1n) is 10.0. The average molecular weight is 373 g/mol. The molecule has 3 rings (SSSR count). The number of nitrogens with one attached hydrogen (secondary N) is 1. The van der Waals surface area contributed by atoms with E-state index in [2.05, 4.69) is 24.3 Å². The molecule has 6 heteroatoms. The van der Waals surface area contributed by atoms with Crippen molar-refractivity contribution >= 4 is 16.9 Å². The summed E-state index contributed by atoms with van der Waals surface area (Å²) in [4.78, 5) is 27.3. The molecule has 0 aliphatic heterocycles. The molecule has 1 amide bonds. The molecule has 0 bridgehead atoms.